The van der Waals surface area contributed by atoms with E-state index in [1.165, 1.54) is 31.8 Å². The molecule has 1 aliphatic rings. The molecule has 1 fully saturated rings. The Labute approximate surface area is 251 Å². The number of nitriles is 1. The number of urea groups is 1. The first-order chi connectivity index (χ1) is 20.1. The minimum atomic E-state index is -0.754. The molecule has 218 valence electrons. The van der Waals surface area contributed by atoms with E-state index >= 15 is 0 Å². The summed E-state index contributed by atoms with van der Waals surface area (Å²) in [6.07, 6.45) is 3.97. The van der Waals surface area contributed by atoms with Crippen LogP contribution in [0.1, 0.15) is 40.2 Å². The second kappa shape index (κ2) is 13.4. The predicted molar refractivity (Wildman–Crippen MR) is 154 cm³/mol. The summed E-state index contributed by atoms with van der Waals surface area (Å²) in [5.74, 6) is 0.275. The normalized spacial score (nSPS) is 14.1. The van der Waals surface area contributed by atoms with Crippen LogP contribution in [-0.4, -0.2) is 76.8 Å². The molecule has 3 amide bonds. The molecular weight excluding hydrogens is 587 g/mol. The van der Waals surface area contributed by atoms with Gasteiger partial charge in [-0.15, -0.1) is 0 Å². The minimum absolute atomic E-state index is 0.0220. The van der Waals surface area contributed by atoms with Crippen LogP contribution in [0.2, 0.25) is 10.0 Å². The zero-order valence-electron chi connectivity index (χ0n) is 22.9. The van der Waals surface area contributed by atoms with E-state index in [-0.39, 0.29) is 63.4 Å². The number of ether oxygens (including phenoxy) is 2. The van der Waals surface area contributed by atoms with Crippen LogP contribution in [0, 0.1) is 11.3 Å². The number of hydrogen-bond donors (Lipinski definition) is 2. The molecule has 1 saturated heterocycles. The van der Waals surface area contributed by atoms with E-state index in [0.29, 0.717) is 30.5 Å². The van der Waals surface area contributed by atoms with E-state index < -0.39 is 12.1 Å². The second-order valence-electron chi connectivity index (χ2n) is 9.29. The molecule has 0 aliphatic carbocycles. The fourth-order valence-corrected chi connectivity index (χ4v) is 4.89. The summed E-state index contributed by atoms with van der Waals surface area (Å²) in [5.41, 5.74) is 1.12. The van der Waals surface area contributed by atoms with Gasteiger partial charge >= 0.3 is 6.03 Å². The van der Waals surface area contributed by atoms with Gasteiger partial charge in [0.05, 0.1) is 29.9 Å². The average molecular weight is 613 g/mol. The average Bonchev–Trinajstić information content (AvgIpc) is 2.95. The van der Waals surface area contributed by atoms with E-state index in [4.69, 9.17) is 32.7 Å². The highest BCUT2D eigenvalue weighted by Crippen LogP contribution is 2.34. The maximum Gasteiger partial charge on any atom is 0.326 e. The number of anilines is 2. The molecule has 0 aromatic carbocycles. The molecular formula is C27H26Cl2N8O5. The molecule has 0 bridgehead atoms. The van der Waals surface area contributed by atoms with Crippen molar-refractivity contribution >= 4 is 53.1 Å². The van der Waals surface area contributed by atoms with Gasteiger partial charge in [-0.1, -0.05) is 23.2 Å². The van der Waals surface area contributed by atoms with Gasteiger partial charge in [-0.05, 0) is 20.0 Å². The smallest absolute Gasteiger partial charge is 0.326 e. The largest absolute Gasteiger partial charge is 0.493 e. The van der Waals surface area contributed by atoms with Gasteiger partial charge in [0.25, 0.3) is 0 Å². The summed E-state index contributed by atoms with van der Waals surface area (Å²) in [6, 6.07) is 4.16. The Bertz CT molecular complexity index is 1540. The van der Waals surface area contributed by atoms with Gasteiger partial charge in [0, 0.05) is 49.2 Å². The van der Waals surface area contributed by atoms with Crippen molar-refractivity contribution in [2.75, 3.05) is 44.4 Å². The predicted octanol–water partition coefficient (Wildman–Crippen LogP) is 3.93. The lowest BCUT2D eigenvalue weighted by Crippen LogP contribution is -2.48. The van der Waals surface area contributed by atoms with Gasteiger partial charge in [0.15, 0.2) is 17.9 Å². The van der Waals surface area contributed by atoms with E-state index in [2.05, 4.69) is 25.6 Å². The highest BCUT2D eigenvalue weighted by molar-refractivity contribution is 6.35. The number of carbonyl (C=O) groups excluding carboxylic acids is 3. The van der Waals surface area contributed by atoms with Gasteiger partial charge in [0.2, 0.25) is 5.91 Å². The number of hydrogen-bond acceptors (Lipinski definition) is 10. The van der Waals surface area contributed by atoms with Crippen molar-refractivity contribution in [2.45, 2.75) is 19.6 Å². The zero-order valence-corrected chi connectivity index (χ0v) is 24.4. The Morgan fingerprint density at radius 3 is 2.57 bits per heavy atom. The Hall–Kier alpha value is -4.51. The molecule has 2 N–H and O–H groups in total. The summed E-state index contributed by atoms with van der Waals surface area (Å²) in [7, 11) is 3.25. The maximum atomic E-state index is 12.9. The van der Waals surface area contributed by atoms with E-state index in [1.807, 2.05) is 18.0 Å². The molecule has 3 aromatic heterocycles. The Kier molecular flexibility index (Phi) is 9.74. The summed E-state index contributed by atoms with van der Waals surface area (Å²) in [4.78, 5) is 52.9. The quantitative estimate of drug-likeness (QED) is 0.338. The summed E-state index contributed by atoms with van der Waals surface area (Å²) < 4.78 is 11.3. The van der Waals surface area contributed by atoms with Crippen LogP contribution < -0.4 is 20.1 Å². The number of aromatic nitrogens is 3. The van der Waals surface area contributed by atoms with Crippen molar-refractivity contribution in [1.29, 1.82) is 5.26 Å². The first-order valence-electron chi connectivity index (χ1n) is 12.6. The third-order valence-corrected chi connectivity index (χ3v) is 6.97. The van der Waals surface area contributed by atoms with Crippen LogP contribution in [0.5, 0.6) is 11.5 Å². The number of nitrogens with zero attached hydrogens (tertiary/aromatic N) is 6. The fourth-order valence-electron chi connectivity index (χ4n) is 4.22. The molecule has 0 unspecified atom stereocenters. The third kappa shape index (κ3) is 7.03. The number of aldehydes is 1. The summed E-state index contributed by atoms with van der Waals surface area (Å²) >= 11 is 12.5. The Balaban J connectivity index is 1.50. The highest BCUT2D eigenvalue weighted by atomic mass is 35.5. The van der Waals surface area contributed by atoms with Crippen LogP contribution in [-0.2, 0) is 11.3 Å². The fraction of sp³-hybridized carbons (Fsp3) is 0.296. The molecule has 13 nitrogen and oxygen atoms in total. The van der Waals surface area contributed by atoms with Crippen molar-refractivity contribution in [3.05, 3.63) is 63.2 Å². The molecule has 4 heterocycles. The van der Waals surface area contributed by atoms with Gasteiger partial charge < -0.3 is 14.4 Å². The molecule has 42 heavy (non-hydrogen) atoms. The van der Waals surface area contributed by atoms with Crippen molar-refractivity contribution in [3.8, 4) is 17.6 Å². The number of likely N-dealkylation sites (N-methyl/N-ethyl adjacent to an activating group) is 1. The first kappa shape index (κ1) is 30.4. The van der Waals surface area contributed by atoms with Crippen molar-refractivity contribution in [2.24, 2.45) is 0 Å². The molecule has 4 rings (SSSR count). The lowest BCUT2D eigenvalue weighted by atomic mass is 10.1. The molecule has 0 spiro atoms. The second-order valence-corrected chi connectivity index (χ2v) is 10.1. The van der Waals surface area contributed by atoms with Crippen LogP contribution in [0.3, 0.4) is 0 Å². The molecule has 1 atom stereocenters. The zero-order chi connectivity index (χ0) is 30.4. The molecule has 15 heteroatoms. The van der Waals surface area contributed by atoms with E-state index in [1.54, 1.807) is 17.9 Å². The Morgan fingerprint density at radius 1 is 1.19 bits per heavy atom. The molecule has 0 saturated carbocycles. The molecule has 0 radical (unpaired) electrons. The van der Waals surface area contributed by atoms with Crippen molar-refractivity contribution in [3.63, 3.8) is 0 Å². The standard InChI is InChI=1S/C27H26Cl2N8O5/c1-15(25-18(28)10-31-11-19(25)29)42-21-7-23(32-9-17(21)8-30)34-27(40)35-26-22(41-3)6-16(20(14-38)33-26)12-37-5-4-36(2)13-24(37)39/h6-7,9-11,14-15H,4-5,12-13H2,1-3H3,(H2,32,33,34,35,40)/t15-/m1/s1. The molecule has 3 aromatic rings. The molecule has 1 aliphatic heterocycles. The highest BCUT2D eigenvalue weighted by Gasteiger charge is 2.24. The summed E-state index contributed by atoms with van der Waals surface area (Å²) in [6.45, 7) is 3.35. The SMILES string of the molecule is COc1cc(CN2CCN(C)CC2=O)c(C=O)nc1NC(=O)Nc1cc(O[C@H](C)c2c(Cl)cncc2Cl)c(C#N)cn1. The number of pyridine rings is 3. The topological polar surface area (TPSA) is 163 Å². The van der Waals surface area contributed by atoms with Gasteiger partial charge in [-0.2, -0.15) is 5.26 Å². The van der Waals surface area contributed by atoms with Gasteiger partial charge in [-0.25, -0.2) is 14.8 Å². The van der Waals surface area contributed by atoms with Crippen LogP contribution >= 0.6 is 23.2 Å². The number of nitrogens with one attached hydrogen (secondary N) is 2. The van der Waals surface area contributed by atoms with Crippen LogP contribution in [0.4, 0.5) is 16.4 Å². The van der Waals surface area contributed by atoms with Crippen LogP contribution in [0.15, 0.2) is 30.7 Å². The lowest BCUT2D eigenvalue weighted by molar-refractivity contribution is -0.136. The summed E-state index contributed by atoms with van der Waals surface area (Å²) in [5, 5.41) is 15.2. The maximum absolute atomic E-state index is 12.9. The van der Waals surface area contributed by atoms with E-state index in [0.717, 1.165) is 0 Å². The van der Waals surface area contributed by atoms with E-state index in [9.17, 15) is 19.6 Å². The number of halogens is 2. The lowest BCUT2D eigenvalue weighted by Gasteiger charge is -2.32. The van der Waals surface area contributed by atoms with Gasteiger partial charge in [-0.3, -0.25) is 30.1 Å². The number of piperazine rings is 1. The van der Waals surface area contributed by atoms with Crippen molar-refractivity contribution < 1.29 is 23.9 Å². The van der Waals surface area contributed by atoms with Crippen LogP contribution in [0.25, 0.3) is 0 Å². The van der Waals surface area contributed by atoms with Gasteiger partial charge in [0.1, 0.15) is 35.0 Å². The minimum Gasteiger partial charge on any atom is -0.493 e. The third-order valence-electron chi connectivity index (χ3n) is 6.36. The number of methoxy groups -OCH3 is 1. The monoisotopic (exact) mass is 612 g/mol. The number of carbonyl (C=O) groups is 3. The Morgan fingerprint density at radius 2 is 1.93 bits per heavy atom. The first-order valence-corrected chi connectivity index (χ1v) is 13.3. The number of rotatable bonds is 9. The number of amides is 3. The van der Waals surface area contributed by atoms with Crippen molar-refractivity contribution in [1.82, 2.24) is 24.8 Å².